The van der Waals surface area contributed by atoms with E-state index in [1.165, 1.54) is 12.0 Å². The summed E-state index contributed by atoms with van der Waals surface area (Å²) < 4.78 is 1.72. The van der Waals surface area contributed by atoms with Crippen LogP contribution in [0.3, 0.4) is 0 Å². The van der Waals surface area contributed by atoms with Crippen molar-refractivity contribution in [3.8, 4) is 0 Å². The van der Waals surface area contributed by atoms with Crippen molar-refractivity contribution in [2.45, 2.75) is 25.4 Å². The molecule has 9 heteroatoms. The van der Waals surface area contributed by atoms with Gasteiger partial charge in [0.1, 0.15) is 18.4 Å². The van der Waals surface area contributed by atoms with Crippen LogP contribution in [0, 0.1) is 0 Å². The SMILES string of the molecule is CN(C(=O)Cn1cnc2c(N)ncnc21)C1CCN(c2ccncc2)CC1. The largest absolute Gasteiger partial charge is 0.382 e. The van der Waals surface area contributed by atoms with Crippen molar-refractivity contribution in [2.75, 3.05) is 30.8 Å². The van der Waals surface area contributed by atoms with Gasteiger partial charge in [0.2, 0.25) is 5.91 Å². The predicted molar refractivity (Wildman–Crippen MR) is 102 cm³/mol. The zero-order valence-electron chi connectivity index (χ0n) is 15.2. The molecule has 1 saturated heterocycles. The first kappa shape index (κ1) is 17.2. The van der Waals surface area contributed by atoms with Gasteiger partial charge in [0.15, 0.2) is 11.5 Å². The molecule has 3 aromatic rings. The van der Waals surface area contributed by atoms with Gasteiger partial charge < -0.3 is 20.1 Å². The van der Waals surface area contributed by atoms with E-state index in [1.54, 1.807) is 10.9 Å². The number of hydrogen-bond acceptors (Lipinski definition) is 7. The van der Waals surface area contributed by atoms with Gasteiger partial charge in [-0.1, -0.05) is 0 Å². The van der Waals surface area contributed by atoms with Gasteiger partial charge in [0.05, 0.1) is 6.33 Å². The zero-order valence-corrected chi connectivity index (χ0v) is 15.2. The van der Waals surface area contributed by atoms with Crippen LogP contribution < -0.4 is 10.6 Å². The molecular formula is C18H22N8O. The number of piperidine rings is 1. The van der Waals surface area contributed by atoms with E-state index in [1.807, 2.05) is 36.5 Å². The maximum absolute atomic E-state index is 12.8. The van der Waals surface area contributed by atoms with E-state index in [9.17, 15) is 4.79 Å². The number of pyridine rings is 1. The Hall–Kier alpha value is -3.23. The quantitative estimate of drug-likeness (QED) is 0.732. The van der Waals surface area contributed by atoms with Crippen LogP contribution in [0.25, 0.3) is 11.2 Å². The van der Waals surface area contributed by atoms with E-state index < -0.39 is 0 Å². The molecule has 27 heavy (non-hydrogen) atoms. The van der Waals surface area contributed by atoms with Crippen molar-refractivity contribution >= 4 is 28.6 Å². The van der Waals surface area contributed by atoms with Crippen LogP contribution in [-0.2, 0) is 11.3 Å². The molecule has 1 aliphatic heterocycles. The molecule has 0 aromatic carbocycles. The van der Waals surface area contributed by atoms with E-state index in [0.29, 0.717) is 17.0 Å². The molecule has 0 atom stereocenters. The molecule has 4 heterocycles. The minimum atomic E-state index is 0.0360. The number of likely N-dealkylation sites (N-methyl/N-ethyl adjacent to an activating group) is 1. The van der Waals surface area contributed by atoms with Gasteiger partial charge in [-0.25, -0.2) is 15.0 Å². The standard InChI is InChI=1S/C18H22N8O/c1-24(13-4-8-25(9-5-13)14-2-6-20-7-3-14)15(27)10-26-12-23-16-17(19)21-11-22-18(16)26/h2-3,6-7,11-13H,4-5,8-10H2,1H3,(H2,19,21,22). The highest BCUT2D eigenvalue weighted by atomic mass is 16.2. The topological polar surface area (TPSA) is 106 Å². The van der Waals surface area contributed by atoms with Gasteiger partial charge in [0, 0.05) is 44.3 Å². The molecule has 0 spiro atoms. The summed E-state index contributed by atoms with van der Waals surface area (Å²) in [7, 11) is 1.87. The molecular weight excluding hydrogens is 344 g/mol. The number of fused-ring (bicyclic) bond motifs is 1. The van der Waals surface area contributed by atoms with Crippen LogP contribution in [0.2, 0.25) is 0 Å². The highest BCUT2D eigenvalue weighted by Crippen LogP contribution is 2.22. The van der Waals surface area contributed by atoms with E-state index in [0.717, 1.165) is 25.9 Å². The molecule has 1 aliphatic rings. The Labute approximate surface area is 156 Å². The summed E-state index contributed by atoms with van der Waals surface area (Å²) >= 11 is 0. The lowest BCUT2D eigenvalue weighted by Gasteiger charge is -2.37. The van der Waals surface area contributed by atoms with Gasteiger partial charge in [-0.2, -0.15) is 0 Å². The van der Waals surface area contributed by atoms with Crippen molar-refractivity contribution in [2.24, 2.45) is 0 Å². The summed E-state index contributed by atoms with van der Waals surface area (Å²) in [5, 5.41) is 0. The van der Waals surface area contributed by atoms with Crippen LogP contribution in [-0.4, -0.2) is 61.5 Å². The van der Waals surface area contributed by atoms with Crippen molar-refractivity contribution in [3.05, 3.63) is 37.2 Å². The number of nitrogen functional groups attached to an aromatic ring is 1. The maximum atomic E-state index is 12.8. The molecule has 1 amide bonds. The van der Waals surface area contributed by atoms with Crippen LogP contribution in [0.5, 0.6) is 0 Å². The average molecular weight is 366 g/mol. The number of carbonyl (C=O) groups excluding carboxylic acids is 1. The van der Waals surface area contributed by atoms with Gasteiger partial charge >= 0.3 is 0 Å². The Balaban J connectivity index is 1.39. The van der Waals surface area contributed by atoms with Crippen molar-refractivity contribution in [3.63, 3.8) is 0 Å². The molecule has 9 nitrogen and oxygen atoms in total. The summed E-state index contributed by atoms with van der Waals surface area (Å²) in [6, 6.07) is 4.27. The average Bonchev–Trinajstić information content (AvgIpc) is 3.12. The highest BCUT2D eigenvalue weighted by Gasteiger charge is 2.26. The fourth-order valence-electron chi connectivity index (χ4n) is 3.54. The van der Waals surface area contributed by atoms with Gasteiger partial charge in [0.25, 0.3) is 0 Å². The predicted octanol–water partition coefficient (Wildman–Crippen LogP) is 0.931. The summed E-state index contributed by atoms with van der Waals surface area (Å²) in [6.07, 6.45) is 8.46. The number of nitrogens with zero attached hydrogens (tertiary/aromatic N) is 7. The van der Waals surface area contributed by atoms with E-state index >= 15 is 0 Å². The van der Waals surface area contributed by atoms with Crippen LogP contribution in [0.1, 0.15) is 12.8 Å². The van der Waals surface area contributed by atoms with Gasteiger partial charge in [-0.15, -0.1) is 0 Å². The Kier molecular flexibility index (Phi) is 4.57. The number of carbonyl (C=O) groups is 1. The third-order valence-electron chi connectivity index (χ3n) is 5.17. The number of amides is 1. The van der Waals surface area contributed by atoms with Gasteiger partial charge in [-0.05, 0) is 25.0 Å². The molecule has 0 aliphatic carbocycles. The Morgan fingerprint density at radius 2 is 1.96 bits per heavy atom. The summed E-state index contributed by atoms with van der Waals surface area (Å²) in [5.41, 5.74) is 8.09. The lowest BCUT2D eigenvalue weighted by atomic mass is 10.0. The van der Waals surface area contributed by atoms with Crippen molar-refractivity contribution in [1.29, 1.82) is 0 Å². The lowest BCUT2D eigenvalue weighted by molar-refractivity contribution is -0.132. The third-order valence-corrected chi connectivity index (χ3v) is 5.17. The number of imidazole rings is 1. The molecule has 4 rings (SSSR count). The van der Waals surface area contributed by atoms with E-state index in [2.05, 4.69) is 24.8 Å². The molecule has 0 bridgehead atoms. The number of anilines is 2. The van der Waals surface area contributed by atoms with Crippen molar-refractivity contribution in [1.82, 2.24) is 29.4 Å². The smallest absolute Gasteiger partial charge is 0.242 e. The van der Waals surface area contributed by atoms with Gasteiger partial charge in [-0.3, -0.25) is 9.78 Å². The summed E-state index contributed by atoms with van der Waals surface area (Å²) in [5.74, 6) is 0.358. The van der Waals surface area contributed by atoms with Crippen molar-refractivity contribution < 1.29 is 4.79 Å². The van der Waals surface area contributed by atoms with E-state index in [-0.39, 0.29) is 18.5 Å². The first-order valence-corrected chi connectivity index (χ1v) is 8.95. The third kappa shape index (κ3) is 3.40. The fourth-order valence-corrected chi connectivity index (χ4v) is 3.54. The number of hydrogen-bond donors (Lipinski definition) is 1. The minimum absolute atomic E-state index is 0.0360. The maximum Gasteiger partial charge on any atom is 0.242 e. The molecule has 2 N–H and O–H groups in total. The second kappa shape index (κ2) is 7.18. The molecule has 0 unspecified atom stereocenters. The Morgan fingerprint density at radius 1 is 1.22 bits per heavy atom. The Morgan fingerprint density at radius 3 is 2.70 bits per heavy atom. The number of nitrogens with two attached hydrogens (primary N) is 1. The second-order valence-corrected chi connectivity index (χ2v) is 6.73. The molecule has 0 saturated carbocycles. The number of rotatable bonds is 4. The first-order valence-electron chi connectivity index (χ1n) is 8.95. The summed E-state index contributed by atoms with van der Waals surface area (Å²) in [6.45, 7) is 2.03. The normalized spacial score (nSPS) is 15.2. The molecule has 1 fully saturated rings. The molecule has 0 radical (unpaired) electrons. The van der Waals surface area contributed by atoms with E-state index in [4.69, 9.17) is 5.73 Å². The van der Waals surface area contributed by atoms with Crippen LogP contribution in [0.4, 0.5) is 11.5 Å². The lowest BCUT2D eigenvalue weighted by Crippen LogP contribution is -2.46. The number of aromatic nitrogens is 5. The molecule has 140 valence electrons. The van der Waals surface area contributed by atoms with Crippen LogP contribution >= 0.6 is 0 Å². The molecule has 3 aromatic heterocycles. The fraction of sp³-hybridized carbons (Fsp3) is 0.389. The summed E-state index contributed by atoms with van der Waals surface area (Å²) in [4.78, 5) is 33.4. The highest BCUT2D eigenvalue weighted by molar-refractivity contribution is 5.83. The first-order chi connectivity index (χ1) is 13.1. The minimum Gasteiger partial charge on any atom is -0.382 e. The monoisotopic (exact) mass is 366 g/mol. The zero-order chi connectivity index (χ0) is 18.8. The van der Waals surface area contributed by atoms with Crippen LogP contribution in [0.15, 0.2) is 37.2 Å². The Bertz CT molecular complexity index is 933. The second-order valence-electron chi connectivity index (χ2n) is 6.73.